The summed E-state index contributed by atoms with van der Waals surface area (Å²) in [6, 6.07) is 7.75. The number of ether oxygens (including phenoxy) is 1. The van der Waals surface area contributed by atoms with Crippen LogP contribution in [0.5, 0.6) is 5.75 Å². The minimum atomic E-state index is 0.719. The van der Waals surface area contributed by atoms with Gasteiger partial charge in [-0.1, -0.05) is 23.7 Å². The summed E-state index contributed by atoms with van der Waals surface area (Å²) in [7, 11) is 1.65. The van der Waals surface area contributed by atoms with Gasteiger partial charge in [-0.05, 0) is 12.1 Å². The first-order valence-corrected chi connectivity index (χ1v) is 4.43. The Morgan fingerprint density at radius 3 is 3.08 bits per heavy atom. The van der Waals surface area contributed by atoms with E-state index >= 15 is 0 Å². The molecule has 13 heavy (non-hydrogen) atoms. The third-order valence-corrected chi connectivity index (χ3v) is 1.76. The van der Waals surface area contributed by atoms with E-state index in [2.05, 4.69) is 5.32 Å². The van der Waals surface area contributed by atoms with Crippen molar-refractivity contribution < 1.29 is 4.74 Å². The van der Waals surface area contributed by atoms with Crippen LogP contribution in [0.15, 0.2) is 35.9 Å². The Morgan fingerprint density at radius 2 is 2.38 bits per heavy atom. The van der Waals surface area contributed by atoms with Crippen LogP contribution in [0.2, 0.25) is 0 Å². The lowest BCUT2D eigenvalue weighted by atomic mass is 10.3. The van der Waals surface area contributed by atoms with E-state index in [0.29, 0.717) is 0 Å². The quantitative estimate of drug-likeness (QED) is 0.802. The maximum atomic E-state index is 5.38. The van der Waals surface area contributed by atoms with Gasteiger partial charge in [0.1, 0.15) is 5.75 Å². The highest BCUT2D eigenvalue weighted by atomic mass is 35.5. The summed E-state index contributed by atoms with van der Waals surface area (Å²) < 4.78 is 5.08. The Kier molecular flexibility index (Phi) is 4.19. The summed E-state index contributed by atoms with van der Waals surface area (Å²) in [6.45, 7) is 0.719. The van der Waals surface area contributed by atoms with Crippen molar-refractivity contribution in [3.05, 3.63) is 35.9 Å². The van der Waals surface area contributed by atoms with E-state index in [4.69, 9.17) is 16.3 Å². The van der Waals surface area contributed by atoms with E-state index in [9.17, 15) is 0 Å². The zero-order valence-electron chi connectivity index (χ0n) is 7.46. The molecule has 3 heteroatoms. The number of hydrogen-bond donors (Lipinski definition) is 1. The van der Waals surface area contributed by atoms with Crippen LogP contribution >= 0.6 is 11.6 Å². The van der Waals surface area contributed by atoms with Crippen LogP contribution in [-0.4, -0.2) is 13.7 Å². The molecule has 0 aromatic heterocycles. The normalized spacial score (nSPS) is 10.3. The molecule has 0 unspecified atom stereocenters. The summed E-state index contributed by atoms with van der Waals surface area (Å²) in [4.78, 5) is 0. The topological polar surface area (TPSA) is 21.3 Å². The molecule has 0 radical (unpaired) electrons. The highest BCUT2D eigenvalue weighted by Gasteiger charge is 1.92. The van der Waals surface area contributed by atoms with E-state index in [1.165, 1.54) is 5.54 Å². The molecule has 0 aliphatic heterocycles. The second-order valence-electron chi connectivity index (χ2n) is 2.47. The van der Waals surface area contributed by atoms with Gasteiger partial charge in [-0.25, -0.2) is 0 Å². The fourth-order valence-electron chi connectivity index (χ4n) is 0.954. The van der Waals surface area contributed by atoms with Crippen LogP contribution in [0.1, 0.15) is 0 Å². The molecule has 0 saturated carbocycles. The third-order valence-electron chi connectivity index (χ3n) is 1.58. The first-order valence-electron chi connectivity index (χ1n) is 4.00. The number of rotatable bonds is 4. The van der Waals surface area contributed by atoms with Crippen molar-refractivity contribution in [1.29, 1.82) is 0 Å². The van der Waals surface area contributed by atoms with Crippen LogP contribution in [-0.2, 0) is 0 Å². The Hall–Kier alpha value is -1.15. The maximum Gasteiger partial charge on any atom is 0.120 e. The van der Waals surface area contributed by atoms with Crippen molar-refractivity contribution in [3.63, 3.8) is 0 Å². The number of methoxy groups -OCH3 is 1. The van der Waals surface area contributed by atoms with Crippen molar-refractivity contribution in [2.45, 2.75) is 0 Å². The summed E-state index contributed by atoms with van der Waals surface area (Å²) in [6.07, 6.45) is 1.83. The molecule has 0 atom stereocenters. The van der Waals surface area contributed by atoms with Crippen molar-refractivity contribution in [2.75, 3.05) is 19.0 Å². The first-order chi connectivity index (χ1) is 6.36. The van der Waals surface area contributed by atoms with Gasteiger partial charge in [0.2, 0.25) is 0 Å². The molecule has 1 aromatic rings. The average molecular weight is 198 g/mol. The number of nitrogens with one attached hydrogen (secondary N) is 1. The Morgan fingerprint density at radius 1 is 1.54 bits per heavy atom. The molecule has 1 aromatic carbocycles. The lowest BCUT2D eigenvalue weighted by Crippen LogP contribution is -1.97. The average Bonchev–Trinajstić information content (AvgIpc) is 2.19. The predicted molar refractivity (Wildman–Crippen MR) is 56.5 cm³/mol. The molecule has 0 aliphatic rings. The van der Waals surface area contributed by atoms with Crippen molar-refractivity contribution in [1.82, 2.24) is 0 Å². The van der Waals surface area contributed by atoms with Crippen LogP contribution in [0, 0.1) is 0 Å². The molecule has 0 amide bonds. The van der Waals surface area contributed by atoms with E-state index < -0.39 is 0 Å². The van der Waals surface area contributed by atoms with Crippen molar-refractivity contribution in [3.8, 4) is 5.75 Å². The smallest absolute Gasteiger partial charge is 0.120 e. The Bertz CT molecular complexity index is 286. The molecule has 0 heterocycles. The fourth-order valence-corrected chi connectivity index (χ4v) is 1.04. The molecule has 0 bridgehead atoms. The standard InChI is InChI=1S/C10H12ClNO/c1-13-10-5-2-4-9(8-10)12-7-3-6-11/h2-6,8,12H,7H2,1H3/b6-3+. The van der Waals surface area contributed by atoms with E-state index in [1.54, 1.807) is 7.11 Å². The van der Waals surface area contributed by atoms with Gasteiger partial charge in [-0.15, -0.1) is 0 Å². The molecule has 1 rings (SSSR count). The minimum absolute atomic E-state index is 0.719. The highest BCUT2D eigenvalue weighted by Crippen LogP contribution is 2.16. The summed E-state index contributed by atoms with van der Waals surface area (Å²) in [5.74, 6) is 0.847. The zero-order chi connectivity index (χ0) is 9.52. The van der Waals surface area contributed by atoms with E-state index in [1.807, 2.05) is 30.3 Å². The Labute approximate surface area is 83.2 Å². The van der Waals surface area contributed by atoms with Gasteiger partial charge in [0, 0.05) is 23.8 Å². The summed E-state index contributed by atoms with van der Waals surface area (Å²) in [5, 5.41) is 3.17. The maximum absolute atomic E-state index is 5.38. The second-order valence-corrected chi connectivity index (χ2v) is 2.73. The molecule has 1 N–H and O–H groups in total. The van der Waals surface area contributed by atoms with E-state index in [0.717, 1.165) is 18.0 Å². The largest absolute Gasteiger partial charge is 0.497 e. The molecule has 0 aliphatic carbocycles. The zero-order valence-corrected chi connectivity index (χ0v) is 8.21. The summed E-state index contributed by atoms with van der Waals surface area (Å²) >= 11 is 5.38. The van der Waals surface area contributed by atoms with Crippen LogP contribution in [0.3, 0.4) is 0 Å². The van der Waals surface area contributed by atoms with Gasteiger partial charge in [-0.2, -0.15) is 0 Å². The third kappa shape index (κ3) is 3.38. The van der Waals surface area contributed by atoms with Crippen LogP contribution in [0.25, 0.3) is 0 Å². The van der Waals surface area contributed by atoms with Gasteiger partial charge in [0.25, 0.3) is 0 Å². The number of hydrogen-bond acceptors (Lipinski definition) is 2. The van der Waals surface area contributed by atoms with Gasteiger partial charge in [-0.3, -0.25) is 0 Å². The lowest BCUT2D eigenvalue weighted by Gasteiger charge is -2.04. The predicted octanol–water partition coefficient (Wildman–Crippen LogP) is 2.86. The molecular formula is C10H12ClNO. The number of benzene rings is 1. The lowest BCUT2D eigenvalue weighted by molar-refractivity contribution is 0.415. The van der Waals surface area contributed by atoms with Crippen molar-refractivity contribution in [2.24, 2.45) is 0 Å². The van der Waals surface area contributed by atoms with Crippen LogP contribution in [0.4, 0.5) is 5.69 Å². The van der Waals surface area contributed by atoms with Crippen molar-refractivity contribution >= 4 is 17.3 Å². The summed E-state index contributed by atoms with van der Waals surface area (Å²) in [5.41, 5.74) is 2.52. The first kappa shape index (κ1) is 9.93. The molecule has 0 fully saturated rings. The number of anilines is 1. The second kappa shape index (κ2) is 5.49. The molecule has 2 nitrogen and oxygen atoms in total. The van der Waals surface area contributed by atoms with Gasteiger partial charge < -0.3 is 10.1 Å². The SMILES string of the molecule is COc1cccc(NC/C=C/Cl)c1. The highest BCUT2D eigenvalue weighted by molar-refractivity contribution is 6.25. The fraction of sp³-hybridized carbons (Fsp3) is 0.200. The molecule has 0 saturated heterocycles. The van der Waals surface area contributed by atoms with Gasteiger partial charge in [0.15, 0.2) is 0 Å². The van der Waals surface area contributed by atoms with Gasteiger partial charge in [0.05, 0.1) is 7.11 Å². The van der Waals surface area contributed by atoms with E-state index in [-0.39, 0.29) is 0 Å². The Balaban J connectivity index is 2.56. The van der Waals surface area contributed by atoms with Crippen LogP contribution < -0.4 is 10.1 Å². The molecule has 0 spiro atoms. The molecule has 70 valence electrons. The monoisotopic (exact) mass is 197 g/mol. The van der Waals surface area contributed by atoms with Gasteiger partial charge >= 0.3 is 0 Å². The number of halogens is 1. The minimum Gasteiger partial charge on any atom is -0.497 e. The molecular weight excluding hydrogens is 186 g/mol.